The second-order valence-corrected chi connectivity index (χ2v) is 6.96. The molecule has 4 rings (SSSR count). The van der Waals surface area contributed by atoms with E-state index in [-0.39, 0.29) is 0 Å². The Morgan fingerprint density at radius 3 is 1.12 bits per heavy atom. The van der Waals surface area contributed by atoms with Crippen molar-refractivity contribution in [3.05, 3.63) is 109 Å². The maximum Gasteiger partial charge on any atom is 0.150 e. The zero-order valence-electron chi connectivity index (χ0n) is 17.6. The third kappa shape index (κ3) is 6.05. The first-order valence-electron chi connectivity index (χ1n) is 10.4. The molecule has 0 saturated carbocycles. The first kappa shape index (κ1) is 20.9. The number of hydrogen-bond donors (Lipinski definition) is 0. The maximum atomic E-state index is 5.65. The molecule has 0 saturated heterocycles. The van der Waals surface area contributed by atoms with E-state index in [2.05, 4.69) is 47.9 Å². The van der Waals surface area contributed by atoms with Crippen molar-refractivity contribution < 1.29 is 9.47 Å². The van der Waals surface area contributed by atoms with Crippen LogP contribution in [0.2, 0.25) is 0 Å². The van der Waals surface area contributed by atoms with Gasteiger partial charge in [0.25, 0.3) is 0 Å². The largest absolute Gasteiger partial charge is 0.481 e. The van der Waals surface area contributed by atoms with Crippen LogP contribution < -0.4 is 9.47 Å². The molecule has 4 aromatic rings. The van der Waals surface area contributed by atoms with E-state index in [1.165, 1.54) is 11.1 Å². The summed E-state index contributed by atoms with van der Waals surface area (Å²) in [6.07, 6.45) is 0. The average molecular weight is 415 g/mol. The van der Waals surface area contributed by atoms with Gasteiger partial charge in [-0.1, -0.05) is 84.9 Å². The molecule has 0 heterocycles. The smallest absolute Gasteiger partial charge is 0.150 e. The number of benzene rings is 4. The molecule has 0 aliphatic carbocycles. The maximum absolute atomic E-state index is 5.65. The highest BCUT2D eigenvalue weighted by molar-refractivity contribution is 5.64. The van der Waals surface area contributed by atoms with Gasteiger partial charge in [0.15, 0.2) is 0 Å². The number of rotatable bonds is 6. The Morgan fingerprint density at radius 1 is 0.406 bits per heavy atom. The Morgan fingerprint density at radius 2 is 0.750 bits per heavy atom. The van der Waals surface area contributed by atoms with Crippen molar-refractivity contribution >= 4 is 0 Å². The van der Waals surface area contributed by atoms with Gasteiger partial charge in [0.05, 0.1) is 0 Å². The van der Waals surface area contributed by atoms with Crippen molar-refractivity contribution in [2.24, 2.45) is 0 Å². The van der Waals surface area contributed by atoms with Crippen LogP contribution in [0, 0.1) is 23.7 Å². The van der Waals surface area contributed by atoms with Gasteiger partial charge in [-0.15, -0.1) is 0 Å². The monoisotopic (exact) mass is 414 g/mol. The van der Waals surface area contributed by atoms with Crippen LogP contribution in [-0.2, 0) is 0 Å². The second-order valence-electron chi connectivity index (χ2n) is 6.96. The van der Waals surface area contributed by atoms with E-state index in [4.69, 9.17) is 9.47 Å². The predicted molar refractivity (Wildman–Crippen MR) is 130 cm³/mol. The van der Waals surface area contributed by atoms with Gasteiger partial charge in [-0.2, -0.15) is 0 Å². The summed E-state index contributed by atoms with van der Waals surface area (Å²) in [5, 5.41) is 0. The minimum absolute atomic E-state index is 0.293. The SMILES string of the molecule is C(C#CCOc1ccc(-c2ccccc2)cc1)#CCOc1ccc(-c2ccccc2)cc1. The highest BCUT2D eigenvalue weighted by Crippen LogP contribution is 2.23. The molecule has 0 aliphatic rings. The summed E-state index contributed by atoms with van der Waals surface area (Å²) in [6.45, 7) is 0.586. The van der Waals surface area contributed by atoms with Crippen molar-refractivity contribution in [2.45, 2.75) is 0 Å². The minimum Gasteiger partial charge on any atom is -0.481 e. The first-order valence-corrected chi connectivity index (χ1v) is 10.4. The molecule has 4 aromatic carbocycles. The van der Waals surface area contributed by atoms with E-state index in [0.29, 0.717) is 13.2 Å². The zero-order valence-corrected chi connectivity index (χ0v) is 17.6. The molecule has 0 aromatic heterocycles. The fraction of sp³-hybridized carbons (Fsp3) is 0.0667. The van der Waals surface area contributed by atoms with Gasteiger partial charge >= 0.3 is 0 Å². The molecule has 2 nitrogen and oxygen atoms in total. The van der Waals surface area contributed by atoms with Gasteiger partial charge in [0.2, 0.25) is 0 Å². The van der Waals surface area contributed by atoms with Gasteiger partial charge in [0, 0.05) is 0 Å². The molecule has 0 amide bonds. The van der Waals surface area contributed by atoms with Crippen LogP contribution in [0.1, 0.15) is 0 Å². The summed E-state index contributed by atoms with van der Waals surface area (Å²) in [5.41, 5.74) is 4.68. The van der Waals surface area contributed by atoms with Crippen molar-refractivity contribution in [3.63, 3.8) is 0 Å². The normalized spacial score (nSPS) is 9.62. The molecular weight excluding hydrogens is 392 g/mol. The van der Waals surface area contributed by atoms with Crippen LogP contribution in [0.4, 0.5) is 0 Å². The zero-order chi connectivity index (χ0) is 21.8. The fourth-order valence-electron chi connectivity index (χ4n) is 3.15. The van der Waals surface area contributed by atoms with Crippen molar-refractivity contribution in [3.8, 4) is 57.4 Å². The van der Waals surface area contributed by atoms with Crippen LogP contribution in [0.25, 0.3) is 22.3 Å². The Labute approximate surface area is 189 Å². The molecule has 0 atom stereocenters. The van der Waals surface area contributed by atoms with Gasteiger partial charge in [-0.3, -0.25) is 0 Å². The molecule has 2 heteroatoms. The number of ether oxygens (including phenoxy) is 2. The summed E-state index contributed by atoms with van der Waals surface area (Å²) in [7, 11) is 0. The summed E-state index contributed by atoms with van der Waals surface area (Å²) >= 11 is 0. The lowest BCUT2D eigenvalue weighted by Gasteiger charge is -2.04. The Kier molecular flexibility index (Phi) is 7.25. The van der Waals surface area contributed by atoms with Crippen LogP contribution in [-0.4, -0.2) is 13.2 Å². The van der Waals surface area contributed by atoms with Crippen molar-refractivity contribution in [1.82, 2.24) is 0 Å². The summed E-state index contributed by atoms with van der Waals surface area (Å²) in [4.78, 5) is 0. The predicted octanol–water partition coefficient (Wildman–Crippen LogP) is 6.49. The van der Waals surface area contributed by atoms with Gasteiger partial charge in [-0.05, 0) is 70.2 Å². The van der Waals surface area contributed by atoms with Gasteiger partial charge in [-0.25, -0.2) is 0 Å². The number of hydrogen-bond acceptors (Lipinski definition) is 2. The molecule has 0 aliphatic heterocycles. The minimum atomic E-state index is 0.293. The Balaban J connectivity index is 1.19. The third-order valence-corrected chi connectivity index (χ3v) is 4.78. The lowest BCUT2D eigenvalue weighted by atomic mass is 10.1. The Bertz CT molecular complexity index is 1130. The average Bonchev–Trinajstić information content (AvgIpc) is 2.87. The van der Waals surface area contributed by atoms with E-state index < -0.39 is 0 Å². The van der Waals surface area contributed by atoms with Crippen molar-refractivity contribution in [1.29, 1.82) is 0 Å². The van der Waals surface area contributed by atoms with E-state index in [9.17, 15) is 0 Å². The van der Waals surface area contributed by atoms with Gasteiger partial charge in [0.1, 0.15) is 24.7 Å². The van der Waals surface area contributed by atoms with Crippen LogP contribution >= 0.6 is 0 Å². The quantitative estimate of drug-likeness (QED) is 0.336. The second kappa shape index (κ2) is 11.1. The molecule has 0 fully saturated rings. The van der Waals surface area contributed by atoms with Gasteiger partial charge < -0.3 is 9.47 Å². The summed E-state index contributed by atoms with van der Waals surface area (Å²) in [6, 6.07) is 36.5. The highest BCUT2D eigenvalue weighted by atomic mass is 16.5. The summed E-state index contributed by atoms with van der Waals surface area (Å²) < 4.78 is 11.3. The lowest BCUT2D eigenvalue weighted by Crippen LogP contribution is -1.94. The van der Waals surface area contributed by atoms with Crippen LogP contribution in [0.5, 0.6) is 11.5 Å². The van der Waals surface area contributed by atoms with Crippen molar-refractivity contribution in [2.75, 3.05) is 13.2 Å². The van der Waals surface area contributed by atoms with E-state index in [0.717, 1.165) is 22.6 Å². The molecule has 154 valence electrons. The molecule has 0 radical (unpaired) electrons. The third-order valence-electron chi connectivity index (χ3n) is 4.78. The van der Waals surface area contributed by atoms with Crippen LogP contribution in [0.3, 0.4) is 0 Å². The molecular formula is C30H22O2. The molecule has 32 heavy (non-hydrogen) atoms. The van der Waals surface area contributed by atoms with E-state index >= 15 is 0 Å². The lowest BCUT2D eigenvalue weighted by molar-refractivity contribution is 0.370. The van der Waals surface area contributed by atoms with E-state index in [1.54, 1.807) is 0 Å². The highest BCUT2D eigenvalue weighted by Gasteiger charge is 1.98. The van der Waals surface area contributed by atoms with Crippen LogP contribution in [0.15, 0.2) is 109 Å². The molecule has 0 bridgehead atoms. The Hall–Kier alpha value is -4.40. The molecule has 0 spiro atoms. The standard InChI is InChI=1S/C30H22O2/c1(9-23-31-29-19-15-27(16-20-29)25-11-5-3-6-12-25)2-10-24-32-30-21-17-28(18-22-30)26-13-7-4-8-14-26/h3-8,11-22H,23-24H2. The van der Waals surface area contributed by atoms with E-state index in [1.807, 2.05) is 84.9 Å². The molecule has 0 unspecified atom stereocenters. The summed E-state index contributed by atoms with van der Waals surface area (Å²) in [5.74, 6) is 13.0. The first-order chi connectivity index (χ1) is 15.9. The molecule has 0 N–H and O–H groups in total. The fourth-order valence-corrected chi connectivity index (χ4v) is 3.15. The topological polar surface area (TPSA) is 18.5 Å².